The van der Waals surface area contributed by atoms with Crippen LogP contribution >= 0.6 is 24.0 Å². The molecule has 0 aliphatic carbocycles. The normalized spacial score (nSPS) is 14.3. The van der Waals surface area contributed by atoms with E-state index in [9.17, 15) is 14.0 Å². The number of nitrogens with one attached hydrogen (secondary N) is 1. The number of halogens is 1. The number of thiocarbonyl (C=S) groups is 1. The third-order valence-electron chi connectivity index (χ3n) is 5.44. The van der Waals surface area contributed by atoms with Crippen molar-refractivity contribution >= 4 is 57.6 Å². The van der Waals surface area contributed by atoms with E-state index in [1.165, 1.54) is 36.0 Å². The highest BCUT2D eigenvalue weighted by Crippen LogP contribution is 2.38. The summed E-state index contributed by atoms with van der Waals surface area (Å²) in [5.41, 5.74) is 4.05. The highest BCUT2D eigenvalue weighted by atomic mass is 32.2. The molecule has 4 rings (SSSR count). The van der Waals surface area contributed by atoms with Gasteiger partial charge in [0.25, 0.3) is 11.8 Å². The fourth-order valence-corrected chi connectivity index (χ4v) is 5.04. The lowest BCUT2D eigenvalue weighted by Gasteiger charge is -2.17. The van der Waals surface area contributed by atoms with Crippen molar-refractivity contribution in [1.29, 1.82) is 0 Å². The van der Waals surface area contributed by atoms with Gasteiger partial charge in [0.1, 0.15) is 5.82 Å². The van der Waals surface area contributed by atoms with Crippen LogP contribution in [0.25, 0.3) is 6.08 Å². The summed E-state index contributed by atoms with van der Waals surface area (Å²) in [6.45, 7) is 5.93. The van der Waals surface area contributed by atoms with E-state index in [4.69, 9.17) is 21.7 Å². The molecular formula is C28H25FN2O4S2. The smallest absolute Gasteiger partial charge is 0.270 e. The van der Waals surface area contributed by atoms with Crippen molar-refractivity contribution < 1.29 is 23.5 Å². The van der Waals surface area contributed by atoms with Crippen LogP contribution in [0.3, 0.4) is 0 Å². The van der Waals surface area contributed by atoms with Crippen molar-refractivity contribution in [1.82, 2.24) is 0 Å². The topological polar surface area (TPSA) is 67.9 Å². The molecule has 1 heterocycles. The number of ether oxygens (including phenoxy) is 2. The molecule has 6 nitrogen and oxygen atoms in total. The van der Waals surface area contributed by atoms with Crippen molar-refractivity contribution in [2.75, 3.05) is 23.4 Å². The molecule has 0 atom stereocenters. The molecule has 0 spiro atoms. The van der Waals surface area contributed by atoms with E-state index >= 15 is 0 Å². The van der Waals surface area contributed by atoms with Crippen LogP contribution in [0.2, 0.25) is 0 Å². The molecule has 1 aliphatic rings. The Kier molecular flexibility index (Phi) is 8.25. The number of benzene rings is 3. The Balaban J connectivity index is 1.48. The fraction of sp³-hybridized carbons (Fsp3) is 0.179. The number of carbonyl (C=O) groups excluding carboxylic acids is 2. The van der Waals surface area contributed by atoms with Crippen LogP contribution in [0, 0.1) is 19.7 Å². The molecule has 3 aromatic carbocycles. The average Bonchev–Trinajstić information content (AvgIpc) is 3.13. The summed E-state index contributed by atoms with van der Waals surface area (Å²) < 4.78 is 24.9. The highest BCUT2D eigenvalue weighted by molar-refractivity contribution is 8.27. The van der Waals surface area contributed by atoms with Gasteiger partial charge in [-0.15, -0.1) is 0 Å². The van der Waals surface area contributed by atoms with Crippen molar-refractivity contribution in [3.8, 4) is 11.5 Å². The molecule has 0 bridgehead atoms. The third kappa shape index (κ3) is 6.36. The van der Waals surface area contributed by atoms with Gasteiger partial charge < -0.3 is 14.8 Å². The SMILES string of the molecule is CCOc1cc(/C=C2\SC(=S)N(c3ccc(C)cc3C)C2=O)ccc1OCC(=O)Nc1ccc(F)cc1. The van der Waals surface area contributed by atoms with Gasteiger partial charge in [-0.25, -0.2) is 4.39 Å². The Morgan fingerprint density at radius 2 is 1.81 bits per heavy atom. The maximum Gasteiger partial charge on any atom is 0.270 e. The van der Waals surface area contributed by atoms with Gasteiger partial charge >= 0.3 is 0 Å². The minimum atomic E-state index is -0.395. The summed E-state index contributed by atoms with van der Waals surface area (Å²) in [4.78, 5) is 27.5. The fourth-order valence-electron chi connectivity index (χ4n) is 3.76. The van der Waals surface area contributed by atoms with E-state index in [2.05, 4.69) is 5.32 Å². The second-order valence-corrected chi connectivity index (χ2v) is 9.97. The van der Waals surface area contributed by atoms with E-state index in [1.54, 1.807) is 29.2 Å². The third-order valence-corrected chi connectivity index (χ3v) is 6.74. The van der Waals surface area contributed by atoms with E-state index in [1.807, 2.05) is 39.0 Å². The monoisotopic (exact) mass is 536 g/mol. The Morgan fingerprint density at radius 1 is 1.05 bits per heavy atom. The van der Waals surface area contributed by atoms with Crippen molar-refractivity contribution in [3.05, 3.63) is 88.1 Å². The minimum Gasteiger partial charge on any atom is -0.490 e. The van der Waals surface area contributed by atoms with Crippen LogP contribution in [0.15, 0.2) is 65.6 Å². The molecule has 37 heavy (non-hydrogen) atoms. The summed E-state index contributed by atoms with van der Waals surface area (Å²) in [6.07, 6.45) is 1.76. The van der Waals surface area contributed by atoms with Gasteiger partial charge in [-0.1, -0.05) is 47.7 Å². The lowest BCUT2D eigenvalue weighted by atomic mass is 10.1. The maximum absolute atomic E-state index is 13.2. The number of amides is 2. The van der Waals surface area contributed by atoms with Crippen molar-refractivity contribution in [2.24, 2.45) is 0 Å². The van der Waals surface area contributed by atoms with E-state index in [0.717, 1.165) is 22.4 Å². The van der Waals surface area contributed by atoms with E-state index < -0.39 is 5.91 Å². The molecule has 0 unspecified atom stereocenters. The van der Waals surface area contributed by atoms with E-state index in [0.29, 0.717) is 33.0 Å². The second kappa shape index (κ2) is 11.6. The lowest BCUT2D eigenvalue weighted by Crippen LogP contribution is -2.28. The largest absolute Gasteiger partial charge is 0.490 e. The van der Waals surface area contributed by atoms with Crippen LogP contribution < -0.4 is 19.7 Å². The van der Waals surface area contributed by atoms with Crippen molar-refractivity contribution in [2.45, 2.75) is 20.8 Å². The molecule has 1 N–H and O–H groups in total. The highest BCUT2D eigenvalue weighted by Gasteiger charge is 2.34. The first kappa shape index (κ1) is 26.4. The summed E-state index contributed by atoms with van der Waals surface area (Å²) in [6, 6.07) is 16.6. The molecule has 1 fully saturated rings. The number of hydrogen-bond acceptors (Lipinski definition) is 6. The Hall–Kier alpha value is -3.69. The summed E-state index contributed by atoms with van der Waals surface area (Å²) in [5, 5.41) is 2.65. The first-order chi connectivity index (χ1) is 17.7. The van der Waals surface area contributed by atoms with Crippen LogP contribution in [0.1, 0.15) is 23.6 Å². The number of thioether (sulfide) groups is 1. The average molecular weight is 537 g/mol. The van der Waals surface area contributed by atoms with Gasteiger partial charge in [0.05, 0.1) is 17.2 Å². The lowest BCUT2D eigenvalue weighted by molar-refractivity contribution is -0.118. The van der Waals surface area contributed by atoms with Gasteiger partial charge in [0.15, 0.2) is 22.4 Å². The number of nitrogens with zero attached hydrogens (tertiary/aromatic N) is 1. The van der Waals surface area contributed by atoms with Gasteiger partial charge in [-0.3, -0.25) is 14.5 Å². The zero-order chi connectivity index (χ0) is 26.5. The van der Waals surface area contributed by atoms with Crippen LogP contribution in [0.4, 0.5) is 15.8 Å². The number of anilines is 2. The zero-order valence-corrected chi connectivity index (χ0v) is 22.2. The Labute approximate surface area is 224 Å². The Morgan fingerprint density at radius 3 is 2.51 bits per heavy atom. The first-order valence-electron chi connectivity index (χ1n) is 11.6. The molecule has 0 radical (unpaired) electrons. The van der Waals surface area contributed by atoms with Crippen molar-refractivity contribution in [3.63, 3.8) is 0 Å². The van der Waals surface area contributed by atoms with Gasteiger partial charge in [0.2, 0.25) is 0 Å². The van der Waals surface area contributed by atoms with Crippen LogP contribution in [-0.2, 0) is 9.59 Å². The second-order valence-electron chi connectivity index (χ2n) is 8.29. The van der Waals surface area contributed by atoms with Gasteiger partial charge in [-0.2, -0.15) is 0 Å². The number of aryl methyl sites for hydroxylation is 2. The number of rotatable bonds is 8. The molecule has 1 aliphatic heterocycles. The standard InChI is InChI=1S/C28H25FN2O4S2/c1-4-34-24-14-19(6-12-23(24)35-16-26(32)30-21-9-7-20(29)8-10-21)15-25-27(33)31(28(36)37-25)22-11-5-17(2)13-18(22)3/h5-15H,4,16H2,1-3H3,(H,30,32)/b25-15-. The van der Waals surface area contributed by atoms with Gasteiger partial charge in [-0.05, 0) is 80.4 Å². The van der Waals surface area contributed by atoms with Crippen LogP contribution in [0.5, 0.6) is 11.5 Å². The molecule has 9 heteroatoms. The molecule has 0 aromatic heterocycles. The molecular weight excluding hydrogens is 511 g/mol. The summed E-state index contributed by atoms with van der Waals surface area (Å²) >= 11 is 6.76. The number of carbonyl (C=O) groups is 2. The first-order valence-corrected chi connectivity index (χ1v) is 12.8. The quantitative estimate of drug-likeness (QED) is 0.271. The summed E-state index contributed by atoms with van der Waals surface area (Å²) in [5.74, 6) is -0.138. The number of hydrogen-bond donors (Lipinski definition) is 1. The minimum absolute atomic E-state index is 0.183. The molecule has 3 aromatic rings. The van der Waals surface area contributed by atoms with Gasteiger partial charge in [0, 0.05) is 5.69 Å². The maximum atomic E-state index is 13.2. The summed E-state index contributed by atoms with van der Waals surface area (Å²) in [7, 11) is 0. The zero-order valence-electron chi connectivity index (χ0n) is 20.5. The molecule has 190 valence electrons. The Bertz CT molecular complexity index is 1390. The predicted molar refractivity (Wildman–Crippen MR) is 150 cm³/mol. The molecule has 0 saturated carbocycles. The molecule has 1 saturated heterocycles. The predicted octanol–water partition coefficient (Wildman–Crippen LogP) is 6.26. The van der Waals surface area contributed by atoms with Crippen LogP contribution in [-0.4, -0.2) is 29.3 Å². The molecule has 2 amide bonds. The van der Waals surface area contributed by atoms with E-state index in [-0.39, 0.29) is 18.3 Å².